The molecule has 0 aromatic rings. The fourth-order valence-corrected chi connectivity index (χ4v) is 6.16. The van der Waals surface area contributed by atoms with E-state index < -0.39 is 0 Å². The number of alkyl halides is 1. The molecule has 2 nitrogen and oxygen atoms in total. The van der Waals surface area contributed by atoms with Crippen LogP contribution in [0.15, 0.2) is 48.6 Å². The third-order valence-corrected chi connectivity index (χ3v) is 9.32. The minimum atomic E-state index is -0.317. The van der Waals surface area contributed by atoms with Crippen LogP contribution in [0.5, 0.6) is 0 Å². The third-order valence-electron chi connectivity index (χ3n) is 8.60. The Morgan fingerprint density at radius 2 is 0.884 bits per heavy atom. The second kappa shape index (κ2) is 31.3. The molecule has 0 aromatic heterocycles. The van der Waals surface area contributed by atoms with Gasteiger partial charge in [-0.3, -0.25) is 0 Å². The van der Waals surface area contributed by atoms with E-state index in [2.05, 4.69) is 78.4 Å². The van der Waals surface area contributed by atoms with Crippen molar-refractivity contribution in [3.8, 4) is 0 Å². The lowest BCUT2D eigenvalue weighted by Crippen LogP contribution is -2.31. The Bertz CT molecular complexity index is 647. The van der Waals surface area contributed by atoms with Crippen molar-refractivity contribution in [2.75, 3.05) is 11.9 Å². The molecule has 1 fully saturated rings. The molecule has 1 aliphatic rings. The third kappa shape index (κ3) is 25.3. The minimum Gasteiger partial charge on any atom is -0.347 e. The molecule has 1 saturated heterocycles. The molecule has 0 radical (unpaired) electrons. The average molecular weight is 664 g/mol. The van der Waals surface area contributed by atoms with Gasteiger partial charge in [-0.2, -0.15) is 0 Å². The van der Waals surface area contributed by atoms with Crippen LogP contribution in [0, 0.1) is 0 Å². The summed E-state index contributed by atoms with van der Waals surface area (Å²) in [5.74, 6) is -0.317. The van der Waals surface area contributed by atoms with E-state index in [0.29, 0.717) is 0 Å². The zero-order valence-electron chi connectivity index (χ0n) is 28.7. The van der Waals surface area contributed by atoms with E-state index in [4.69, 9.17) is 9.47 Å². The summed E-state index contributed by atoms with van der Waals surface area (Å²) in [7, 11) is 0. The number of ether oxygens (including phenoxy) is 2. The van der Waals surface area contributed by atoms with Crippen molar-refractivity contribution in [2.45, 2.75) is 193 Å². The van der Waals surface area contributed by atoms with E-state index in [1.165, 1.54) is 141 Å². The normalized spacial score (nSPS) is 17.1. The van der Waals surface area contributed by atoms with E-state index in [-0.39, 0.29) is 11.9 Å². The highest BCUT2D eigenvalue weighted by Gasteiger charge is 2.39. The largest absolute Gasteiger partial charge is 0.347 e. The summed E-state index contributed by atoms with van der Waals surface area (Å²) in [6, 6.07) is 0. The van der Waals surface area contributed by atoms with E-state index in [9.17, 15) is 0 Å². The van der Waals surface area contributed by atoms with E-state index in [1.54, 1.807) is 0 Å². The van der Waals surface area contributed by atoms with Crippen LogP contribution in [-0.4, -0.2) is 23.8 Å². The van der Waals surface area contributed by atoms with Gasteiger partial charge in [0.25, 0.3) is 0 Å². The van der Waals surface area contributed by atoms with Gasteiger partial charge in [-0.15, -0.1) is 0 Å². The Morgan fingerprint density at radius 3 is 1.26 bits per heavy atom. The topological polar surface area (TPSA) is 18.5 Å². The van der Waals surface area contributed by atoms with Crippen molar-refractivity contribution in [1.29, 1.82) is 0 Å². The van der Waals surface area contributed by atoms with Crippen LogP contribution in [0.1, 0.15) is 181 Å². The summed E-state index contributed by atoms with van der Waals surface area (Å²) < 4.78 is 12.8. The number of rotatable bonds is 31. The van der Waals surface area contributed by atoms with Crippen LogP contribution >= 0.6 is 15.9 Å². The molecule has 1 aliphatic heterocycles. The molecule has 0 bridgehead atoms. The molecule has 0 aliphatic carbocycles. The van der Waals surface area contributed by atoms with E-state index >= 15 is 0 Å². The predicted molar refractivity (Wildman–Crippen MR) is 195 cm³/mol. The number of hydrogen-bond donors (Lipinski definition) is 0. The van der Waals surface area contributed by atoms with Crippen molar-refractivity contribution in [2.24, 2.45) is 0 Å². The van der Waals surface area contributed by atoms with Crippen molar-refractivity contribution in [3.05, 3.63) is 48.6 Å². The lowest BCUT2D eigenvalue weighted by atomic mass is 9.98. The van der Waals surface area contributed by atoms with Gasteiger partial charge in [0, 0.05) is 18.2 Å². The average Bonchev–Trinajstić information content (AvgIpc) is 3.44. The highest BCUT2D eigenvalue weighted by Crippen LogP contribution is 2.35. The first-order valence-corrected chi connectivity index (χ1v) is 19.9. The van der Waals surface area contributed by atoms with E-state index in [1.807, 2.05) is 0 Å². The smallest absolute Gasteiger partial charge is 0.168 e. The van der Waals surface area contributed by atoms with Crippen molar-refractivity contribution in [3.63, 3.8) is 0 Å². The molecule has 250 valence electrons. The van der Waals surface area contributed by atoms with Gasteiger partial charge in [0.2, 0.25) is 0 Å². The van der Waals surface area contributed by atoms with Gasteiger partial charge in [-0.1, -0.05) is 155 Å². The zero-order valence-corrected chi connectivity index (χ0v) is 30.3. The lowest BCUT2D eigenvalue weighted by Gasteiger charge is -2.28. The fourth-order valence-electron chi connectivity index (χ4n) is 5.84. The molecule has 0 N–H and O–H groups in total. The predicted octanol–water partition coefficient (Wildman–Crippen LogP) is 13.9. The van der Waals surface area contributed by atoms with Crippen molar-refractivity contribution in [1.82, 2.24) is 0 Å². The quantitative estimate of drug-likeness (QED) is 0.0417. The summed E-state index contributed by atoms with van der Waals surface area (Å²) >= 11 is 3.61. The monoisotopic (exact) mass is 662 g/mol. The van der Waals surface area contributed by atoms with Gasteiger partial charge in [-0.05, 0) is 77.0 Å². The molecule has 0 saturated carbocycles. The van der Waals surface area contributed by atoms with Gasteiger partial charge in [0.05, 0.1) is 12.7 Å². The number of halogens is 1. The van der Waals surface area contributed by atoms with Gasteiger partial charge in [-0.25, -0.2) is 0 Å². The first-order chi connectivity index (χ1) is 21.3. The summed E-state index contributed by atoms with van der Waals surface area (Å²) in [5, 5.41) is 0.877. The summed E-state index contributed by atoms with van der Waals surface area (Å²) in [6.07, 6.45) is 52.1. The fraction of sp³-hybridized carbons (Fsp3) is 0.800. The first kappa shape index (κ1) is 40.4. The molecule has 3 heteroatoms. The molecule has 43 heavy (non-hydrogen) atoms. The molecule has 1 atom stereocenters. The summed E-state index contributed by atoms with van der Waals surface area (Å²) in [6.45, 7) is 5.28. The second-order valence-electron chi connectivity index (χ2n) is 12.8. The van der Waals surface area contributed by atoms with E-state index in [0.717, 1.165) is 37.6 Å². The van der Waals surface area contributed by atoms with Crippen molar-refractivity contribution >= 4 is 15.9 Å². The maximum Gasteiger partial charge on any atom is 0.168 e. The Labute approximate surface area is 277 Å². The van der Waals surface area contributed by atoms with Crippen LogP contribution in [0.3, 0.4) is 0 Å². The van der Waals surface area contributed by atoms with Gasteiger partial charge in [0.15, 0.2) is 5.79 Å². The Hall–Kier alpha value is -0.640. The van der Waals surface area contributed by atoms with Gasteiger partial charge < -0.3 is 9.47 Å². The molecule has 0 spiro atoms. The Morgan fingerprint density at radius 1 is 0.512 bits per heavy atom. The standard InChI is InChI=1S/C40H71BrO2/c1-3-5-7-9-11-13-15-17-19-21-23-25-27-29-31-33-35-40(42-38-39(37-41)43-40)36-34-32-30-28-26-24-22-20-18-16-14-12-10-8-6-4-2/h11-14,17-20,39H,3-10,15-16,21-38H2,1-2H3/b13-11-,14-12-,19-17-,20-18-. The maximum atomic E-state index is 6.45. The maximum absolute atomic E-state index is 6.45. The summed E-state index contributed by atoms with van der Waals surface area (Å²) in [4.78, 5) is 0. The van der Waals surface area contributed by atoms with Crippen LogP contribution in [0.25, 0.3) is 0 Å². The molecule has 0 amide bonds. The highest BCUT2D eigenvalue weighted by molar-refractivity contribution is 9.09. The zero-order chi connectivity index (χ0) is 30.9. The summed E-state index contributed by atoms with van der Waals surface area (Å²) in [5.41, 5.74) is 0. The van der Waals surface area contributed by atoms with Gasteiger partial charge >= 0.3 is 0 Å². The first-order valence-electron chi connectivity index (χ1n) is 18.7. The van der Waals surface area contributed by atoms with Crippen LogP contribution < -0.4 is 0 Å². The van der Waals surface area contributed by atoms with Crippen LogP contribution in [0.4, 0.5) is 0 Å². The molecule has 1 rings (SSSR count). The van der Waals surface area contributed by atoms with Crippen LogP contribution in [-0.2, 0) is 9.47 Å². The lowest BCUT2D eigenvalue weighted by molar-refractivity contribution is -0.177. The number of allylic oxidation sites excluding steroid dienone is 8. The molecule has 1 unspecified atom stereocenters. The SMILES string of the molecule is CCCCC/C=C\C/C=C\CCCCCCCCC1(CCCCCCCC/C=C\C/C=C\CCCCC)OCC(CBr)O1. The molecule has 0 aromatic carbocycles. The highest BCUT2D eigenvalue weighted by atomic mass is 79.9. The van der Waals surface area contributed by atoms with Gasteiger partial charge in [0.1, 0.15) is 0 Å². The van der Waals surface area contributed by atoms with Crippen molar-refractivity contribution < 1.29 is 9.47 Å². The Kier molecular flexibility index (Phi) is 29.4. The van der Waals surface area contributed by atoms with Crippen LogP contribution in [0.2, 0.25) is 0 Å². The minimum absolute atomic E-state index is 0.217. The second-order valence-corrected chi connectivity index (χ2v) is 13.4. The molecule has 1 heterocycles. The number of unbranched alkanes of at least 4 members (excludes halogenated alkanes) is 18. The Balaban J connectivity index is 2.04. The number of hydrogen-bond acceptors (Lipinski definition) is 2. The molecular weight excluding hydrogens is 592 g/mol. The molecular formula is C40H71BrO2.